The normalized spacial score (nSPS) is 13.8. The molecule has 1 atom stereocenters. The molecule has 0 saturated carbocycles. The fourth-order valence-corrected chi connectivity index (χ4v) is 2.37. The second-order valence-corrected chi connectivity index (χ2v) is 6.53. The molecule has 0 aromatic heterocycles. The topological polar surface area (TPSA) is 12.0 Å². The van der Waals surface area contributed by atoms with Gasteiger partial charge in [0.25, 0.3) is 0 Å². The summed E-state index contributed by atoms with van der Waals surface area (Å²) in [5.41, 5.74) is 1.42. The summed E-state index contributed by atoms with van der Waals surface area (Å²) < 4.78 is 0. The molecule has 1 aromatic carbocycles. The van der Waals surface area contributed by atoms with E-state index >= 15 is 0 Å². The fourth-order valence-electron chi connectivity index (χ4n) is 1.98. The van der Waals surface area contributed by atoms with Crippen LogP contribution in [-0.4, -0.2) is 13.1 Å². The fraction of sp³-hybridized carbons (Fsp3) is 0.571. The van der Waals surface area contributed by atoms with Crippen molar-refractivity contribution in [1.29, 1.82) is 0 Å². The molecule has 0 fully saturated rings. The van der Waals surface area contributed by atoms with Crippen LogP contribution in [-0.2, 0) is 6.42 Å². The minimum atomic E-state index is 0.304. The van der Waals surface area contributed by atoms with Crippen LogP contribution >= 0.6 is 23.2 Å². The Bertz CT molecular complexity index is 369. The average molecular weight is 274 g/mol. The summed E-state index contributed by atoms with van der Waals surface area (Å²) in [6.07, 6.45) is 2.01. The van der Waals surface area contributed by atoms with E-state index in [4.69, 9.17) is 23.2 Å². The van der Waals surface area contributed by atoms with E-state index in [1.54, 1.807) is 0 Å². The smallest absolute Gasteiger partial charge is 0.0439 e. The van der Waals surface area contributed by atoms with E-state index in [0.717, 1.165) is 28.5 Å². The summed E-state index contributed by atoms with van der Waals surface area (Å²) in [4.78, 5) is 0. The van der Waals surface area contributed by atoms with Crippen molar-refractivity contribution in [3.8, 4) is 0 Å². The lowest BCUT2D eigenvalue weighted by Crippen LogP contribution is -2.32. The molecule has 1 nitrogen and oxygen atoms in total. The van der Waals surface area contributed by atoms with Crippen LogP contribution in [0.1, 0.15) is 32.8 Å². The molecule has 17 heavy (non-hydrogen) atoms. The van der Waals surface area contributed by atoms with Crippen LogP contribution in [0.15, 0.2) is 18.2 Å². The molecule has 1 N–H and O–H groups in total. The van der Waals surface area contributed by atoms with Gasteiger partial charge in [-0.05, 0) is 49.1 Å². The Morgan fingerprint density at radius 1 is 1.24 bits per heavy atom. The minimum Gasteiger partial charge on any atom is -0.317 e. The number of halogens is 2. The van der Waals surface area contributed by atoms with Crippen molar-refractivity contribution >= 4 is 23.2 Å². The van der Waals surface area contributed by atoms with Gasteiger partial charge in [-0.15, -0.1) is 0 Å². The SMILES string of the molecule is CNC(Cc1cc(Cl)ccc1Cl)CC(C)(C)C. The minimum absolute atomic E-state index is 0.304. The third kappa shape index (κ3) is 5.29. The van der Waals surface area contributed by atoms with Gasteiger partial charge in [0.2, 0.25) is 0 Å². The van der Waals surface area contributed by atoms with Crippen molar-refractivity contribution < 1.29 is 0 Å². The van der Waals surface area contributed by atoms with Crippen LogP contribution in [0.5, 0.6) is 0 Å². The molecule has 1 rings (SSSR count). The summed E-state index contributed by atoms with van der Waals surface area (Å²) in [6, 6.07) is 6.07. The molecule has 0 spiro atoms. The first kappa shape index (κ1) is 14.8. The Kier molecular flexibility index (Phi) is 5.30. The molecular weight excluding hydrogens is 253 g/mol. The van der Waals surface area contributed by atoms with Gasteiger partial charge in [0, 0.05) is 16.1 Å². The van der Waals surface area contributed by atoms with E-state index in [1.807, 2.05) is 25.2 Å². The molecular formula is C14H21Cl2N. The number of hydrogen-bond donors (Lipinski definition) is 1. The molecule has 96 valence electrons. The molecule has 1 aromatic rings. The predicted octanol–water partition coefficient (Wildman–Crippen LogP) is 4.56. The summed E-state index contributed by atoms with van der Waals surface area (Å²) in [5.74, 6) is 0. The van der Waals surface area contributed by atoms with Crippen LogP contribution in [0, 0.1) is 5.41 Å². The lowest BCUT2D eigenvalue weighted by atomic mass is 9.86. The van der Waals surface area contributed by atoms with E-state index in [2.05, 4.69) is 26.1 Å². The van der Waals surface area contributed by atoms with Gasteiger partial charge in [-0.2, -0.15) is 0 Å². The van der Waals surface area contributed by atoms with E-state index in [1.165, 1.54) is 0 Å². The van der Waals surface area contributed by atoms with E-state index < -0.39 is 0 Å². The average Bonchev–Trinajstić information content (AvgIpc) is 2.20. The number of nitrogens with one attached hydrogen (secondary N) is 1. The monoisotopic (exact) mass is 273 g/mol. The number of likely N-dealkylation sites (N-methyl/N-ethyl adjacent to an activating group) is 1. The van der Waals surface area contributed by atoms with Gasteiger partial charge < -0.3 is 5.32 Å². The summed E-state index contributed by atoms with van der Waals surface area (Å²) in [6.45, 7) is 6.74. The second kappa shape index (κ2) is 6.08. The first-order chi connectivity index (χ1) is 7.81. The molecule has 0 aliphatic carbocycles. The van der Waals surface area contributed by atoms with Gasteiger partial charge in [0.05, 0.1) is 0 Å². The van der Waals surface area contributed by atoms with E-state index in [-0.39, 0.29) is 0 Å². The quantitative estimate of drug-likeness (QED) is 0.848. The molecule has 0 saturated heterocycles. The van der Waals surface area contributed by atoms with Crippen molar-refractivity contribution in [2.45, 2.75) is 39.7 Å². The van der Waals surface area contributed by atoms with Gasteiger partial charge in [-0.3, -0.25) is 0 Å². The largest absolute Gasteiger partial charge is 0.317 e. The van der Waals surface area contributed by atoms with Crippen LogP contribution in [0.2, 0.25) is 10.0 Å². The summed E-state index contributed by atoms with van der Waals surface area (Å²) in [7, 11) is 1.99. The Morgan fingerprint density at radius 2 is 1.88 bits per heavy atom. The lowest BCUT2D eigenvalue weighted by molar-refractivity contribution is 0.316. The van der Waals surface area contributed by atoms with Crippen LogP contribution < -0.4 is 5.32 Å². The van der Waals surface area contributed by atoms with Gasteiger partial charge in [-0.1, -0.05) is 44.0 Å². The van der Waals surface area contributed by atoms with Crippen molar-refractivity contribution in [2.75, 3.05) is 7.05 Å². The highest BCUT2D eigenvalue weighted by atomic mass is 35.5. The van der Waals surface area contributed by atoms with Crippen molar-refractivity contribution in [3.63, 3.8) is 0 Å². The van der Waals surface area contributed by atoms with E-state index in [9.17, 15) is 0 Å². The summed E-state index contributed by atoms with van der Waals surface area (Å²) in [5, 5.41) is 4.89. The van der Waals surface area contributed by atoms with Crippen molar-refractivity contribution in [3.05, 3.63) is 33.8 Å². The number of hydrogen-bond acceptors (Lipinski definition) is 1. The number of rotatable bonds is 4. The Balaban J connectivity index is 2.77. The molecule has 3 heteroatoms. The molecule has 0 aliphatic heterocycles. The van der Waals surface area contributed by atoms with Crippen LogP contribution in [0.4, 0.5) is 0 Å². The molecule has 0 aliphatic rings. The predicted molar refractivity (Wildman–Crippen MR) is 77.1 cm³/mol. The maximum Gasteiger partial charge on any atom is 0.0439 e. The third-order valence-corrected chi connectivity index (χ3v) is 3.34. The maximum atomic E-state index is 6.18. The van der Waals surface area contributed by atoms with Crippen molar-refractivity contribution in [1.82, 2.24) is 5.32 Å². The molecule has 1 unspecified atom stereocenters. The highest BCUT2D eigenvalue weighted by Gasteiger charge is 2.18. The molecule has 0 radical (unpaired) electrons. The molecule has 0 bridgehead atoms. The van der Waals surface area contributed by atoms with Gasteiger partial charge in [0.1, 0.15) is 0 Å². The lowest BCUT2D eigenvalue weighted by Gasteiger charge is -2.26. The van der Waals surface area contributed by atoms with Gasteiger partial charge >= 0.3 is 0 Å². The van der Waals surface area contributed by atoms with E-state index in [0.29, 0.717) is 11.5 Å². The van der Waals surface area contributed by atoms with Crippen LogP contribution in [0.3, 0.4) is 0 Å². The first-order valence-electron chi connectivity index (χ1n) is 5.93. The Labute approximate surface area is 115 Å². The van der Waals surface area contributed by atoms with Crippen LogP contribution in [0.25, 0.3) is 0 Å². The van der Waals surface area contributed by atoms with Crippen molar-refractivity contribution in [2.24, 2.45) is 5.41 Å². The Hall–Kier alpha value is -0.240. The standard InChI is InChI=1S/C14H21Cl2N/c1-14(2,3)9-12(17-4)8-10-7-11(15)5-6-13(10)16/h5-7,12,17H,8-9H2,1-4H3. The first-order valence-corrected chi connectivity index (χ1v) is 6.68. The second-order valence-electron chi connectivity index (χ2n) is 5.69. The maximum absolute atomic E-state index is 6.18. The van der Waals surface area contributed by atoms with Gasteiger partial charge in [0.15, 0.2) is 0 Å². The molecule has 0 amide bonds. The number of benzene rings is 1. The zero-order valence-electron chi connectivity index (χ0n) is 11.0. The summed E-state index contributed by atoms with van der Waals surface area (Å²) >= 11 is 12.2. The van der Waals surface area contributed by atoms with Gasteiger partial charge in [-0.25, -0.2) is 0 Å². The highest BCUT2D eigenvalue weighted by Crippen LogP contribution is 2.26. The zero-order chi connectivity index (χ0) is 13.1. The Morgan fingerprint density at radius 3 is 2.41 bits per heavy atom. The highest BCUT2D eigenvalue weighted by molar-refractivity contribution is 6.33. The molecule has 0 heterocycles. The third-order valence-electron chi connectivity index (χ3n) is 2.74. The zero-order valence-corrected chi connectivity index (χ0v) is 12.5.